The highest BCUT2D eigenvalue weighted by molar-refractivity contribution is 6.04. The minimum absolute atomic E-state index is 0.181. The van der Waals surface area contributed by atoms with Crippen molar-refractivity contribution in [3.8, 4) is 0 Å². The third-order valence-electron chi connectivity index (χ3n) is 4.38. The normalized spacial score (nSPS) is 14.2. The molecule has 0 radical (unpaired) electrons. The molecule has 1 fully saturated rings. The number of anilines is 1. The second-order valence-electron chi connectivity index (χ2n) is 6.19. The van der Waals surface area contributed by atoms with Gasteiger partial charge < -0.3 is 19.5 Å². The molecule has 1 saturated heterocycles. The number of rotatable bonds is 4. The molecule has 7 heteroatoms. The van der Waals surface area contributed by atoms with Crippen LogP contribution in [0.4, 0.5) is 5.69 Å². The van der Waals surface area contributed by atoms with E-state index < -0.39 is 0 Å². The van der Waals surface area contributed by atoms with Gasteiger partial charge in [0, 0.05) is 31.9 Å². The average molecular weight is 355 g/mol. The highest BCUT2D eigenvalue weighted by atomic mass is 16.3. The van der Waals surface area contributed by atoms with Crippen molar-refractivity contribution in [3.63, 3.8) is 0 Å². The summed E-state index contributed by atoms with van der Waals surface area (Å²) in [5.41, 5.74) is 1.65. The van der Waals surface area contributed by atoms with Gasteiger partial charge in [0.05, 0.1) is 6.26 Å². The van der Waals surface area contributed by atoms with Crippen molar-refractivity contribution in [2.45, 2.75) is 13.3 Å². The van der Waals surface area contributed by atoms with Crippen molar-refractivity contribution in [3.05, 3.63) is 54.0 Å². The highest BCUT2D eigenvalue weighted by Gasteiger charge is 2.26. The summed E-state index contributed by atoms with van der Waals surface area (Å²) in [5, 5.41) is 2.76. The average Bonchev–Trinajstić information content (AvgIpc) is 3.18. The number of amides is 3. The number of carbonyl (C=O) groups is 3. The Kier molecular flexibility index (Phi) is 5.36. The lowest BCUT2D eigenvalue weighted by atomic mass is 10.2. The molecule has 1 aliphatic heterocycles. The van der Waals surface area contributed by atoms with Crippen LogP contribution >= 0.6 is 0 Å². The maximum absolute atomic E-state index is 12.3. The number of hydrogen-bond acceptors (Lipinski definition) is 4. The van der Waals surface area contributed by atoms with Crippen LogP contribution in [0.5, 0.6) is 0 Å². The topological polar surface area (TPSA) is 82.9 Å². The van der Waals surface area contributed by atoms with Gasteiger partial charge in [-0.05, 0) is 30.7 Å². The molecule has 3 rings (SSSR count). The molecule has 0 saturated carbocycles. The third kappa shape index (κ3) is 4.11. The van der Waals surface area contributed by atoms with Gasteiger partial charge in [-0.25, -0.2) is 0 Å². The summed E-state index contributed by atoms with van der Waals surface area (Å²) >= 11 is 0. The fourth-order valence-corrected chi connectivity index (χ4v) is 2.87. The summed E-state index contributed by atoms with van der Waals surface area (Å²) in [6.45, 7) is 3.55. The number of piperazine rings is 1. The van der Waals surface area contributed by atoms with E-state index in [1.165, 1.54) is 6.26 Å². The molecular formula is C19H21N3O4. The lowest BCUT2D eigenvalue weighted by Crippen LogP contribution is -2.51. The molecule has 26 heavy (non-hydrogen) atoms. The molecule has 0 bridgehead atoms. The summed E-state index contributed by atoms with van der Waals surface area (Å²) in [4.78, 5) is 39.9. The zero-order valence-corrected chi connectivity index (χ0v) is 14.6. The molecule has 1 aliphatic rings. The lowest BCUT2D eigenvalue weighted by Gasteiger charge is -2.34. The highest BCUT2D eigenvalue weighted by Crippen LogP contribution is 2.14. The van der Waals surface area contributed by atoms with Gasteiger partial charge in [0.25, 0.3) is 5.91 Å². The Balaban J connectivity index is 1.48. The number of nitrogens with one attached hydrogen (secondary N) is 1. The van der Waals surface area contributed by atoms with Gasteiger partial charge in [0.2, 0.25) is 11.8 Å². The number of furan rings is 1. The Morgan fingerprint density at radius 1 is 1.00 bits per heavy atom. The quantitative estimate of drug-likeness (QED) is 0.849. The van der Waals surface area contributed by atoms with Gasteiger partial charge in [-0.3, -0.25) is 14.4 Å². The van der Waals surface area contributed by atoms with Crippen molar-refractivity contribution in [1.82, 2.24) is 9.80 Å². The maximum Gasteiger partial charge on any atom is 0.289 e. The molecule has 1 aromatic heterocycles. The molecule has 2 heterocycles. The lowest BCUT2D eigenvalue weighted by molar-refractivity contribution is -0.135. The Bertz CT molecular complexity index is 793. The van der Waals surface area contributed by atoms with E-state index in [0.717, 1.165) is 5.56 Å². The van der Waals surface area contributed by atoms with E-state index in [9.17, 15) is 14.4 Å². The van der Waals surface area contributed by atoms with Crippen molar-refractivity contribution < 1.29 is 18.8 Å². The van der Waals surface area contributed by atoms with Crippen LogP contribution in [0, 0.1) is 6.92 Å². The smallest absolute Gasteiger partial charge is 0.289 e. The molecule has 1 N–H and O–H groups in total. The van der Waals surface area contributed by atoms with E-state index in [2.05, 4.69) is 5.32 Å². The second-order valence-corrected chi connectivity index (χ2v) is 6.19. The molecule has 0 atom stereocenters. The summed E-state index contributed by atoms with van der Waals surface area (Å²) in [5.74, 6) is -0.457. The van der Waals surface area contributed by atoms with E-state index in [-0.39, 0.29) is 24.1 Å². The van der Waals surface area contributed by atoms with Crippen LogP contribution in [-0.2, 0) is 9.59 Å². The van der Waals surface area contributed by atoms with Crippen molar-refractivity contribution in [1.29, 1.82) is 0 Å². The van der Waals surface area contributed by atoms with Crippen molar-refractivity contribution in [2.75, 3.05) is 31.5 Å². The molecule has 0 spiro atoms. The zero-order chi connectivity index (χ0) is 18.5. The second kappa shape index (κ2) is 7.86. The minimum Gasteiger partial charge on any atom is -0.459 e. The van der Waals surface area contributed by atoms with Crippen molar-refractivity contribution in [2.24, 2.45) is 0 Å². The Morgan fingerprint density at radius 3 is 2.35 bits per heavy atom. The predicted molar refractivity (Wildman–Crippen MR) is 95.6 cm³/mol. The fraction of sp³-hybridized carbons (Fsp3) is 0.316. The fourth-order valence-electron chi connectivity index (χ4n) is 2.87. The van der Waals surface area contributed by atoms with Gasteiger partial charge in [-0.2, -0.15) is 0 Å². The number of hydrogen-bond donors (Lipinski definition) is 1. The molecule has 136 valence electrons. The Labute approximate surface area is 151 Å². The largest absolute Gasteiger partial charge is 0.459 e. The monoisotopic (exact) mass is 355 g/mol. The van der Waals surface area contributed by atoms with Gasteiger partial charge in [0.15, 0.2) is 5.76 Å². The summed E-state index contributed by atoms with van der Waals surface area (Å²) in [6, 6.07) is 10.7. The number of carbonyl (C=O) groups excluding carboxylic acids is 3. The molecule has 1 aromatic carbocycles. The van der Waals surface area contributed by atoms with E-state index in [1.54, 1.807) is 28.0 Å². The van der Waals surface area contributed by atoms with Crippen LogP contribution in [0.3, 0.4) is 0 Å². The first kappa shape index (κ1) is 17.7. The summed E-state index contributed by atoms with van der Waals surface area (Å²) < 4.78 is 5.12. The van der Waals surface area contributed by atoms with E-state index >= 15 is 0 Å². The van der Waals surface area contributed by atoms with E-state index in [1.807, 2.05) is 25.1 Å². The predicted octanol–water partition coefficient (Wildman–Crippen LogP) is 1.90. The molecule has 3 amide bonds. The summed E-state index contributed by atoms with van der Waals surface area (Å²) in [7, 11) is 0. The number of aryl methyl sites for hydroxylation is 1. The van der Waals surface area contributed by atoms with Gasteiger partial charge >= 0.3 is 0 Å². The standard InChI is InChI=1S/C19H21N3O4/c1-14-5-2-3-6-15(14)20-17(23)13-18(24)21-8-10-22(11-9-21)19(25)16-7-4-12-26-16/h2-7,12H,8-11,13H2,1H3,(H,20,23). The zero-order valence-electron chi connectivity index (χ0n) is 14.6. The number of para-hydroxylation sites is 1. The minimum atomic E-state index is -0.335. The number of nitrogens with zero attached hydrogens (tertiary/aromatic N) is 2. The molecule has 0 aliphatic carbocycles. The molecular weight excluding hydrogens is 334 g/mol. The molecule has 0 unspecified atom stereocenters. The van der Waals surface area contributed by atoms with Gasteiger partial charge in [-0.15, -0.1) is 0 Å². The van der Waals surface area contributed by atoms with Gasteiger partial charge in [0.1, 0.15) is 6.42 Å². The first-order valence-corrected chi connectivity index (χ1v) is 8.50. The molecule has 7 nitrogen and oxygen atoms in total. The van der Waals surface area contributed by atoms with E-state index in [4.69, 9.17) is 4.42 Å². The van der Waals surface area contributed by atoms with Crippen LogP contribution in [0.25, 0.3) is 0 Å². The Morgan fingerprint density at radius 2 is 1.69 bits per heavy atom. The van der Waals surface area contributed by atoms with Crippen LogP contribution in [0.15, 0.2) is 47.1 Å². The summed E-state index contributed by atoms with van der Waals surface area (Å²) in [6.07, 6.45) is 1.25. The first-order chi connectivity index (χ1) is 12.5. The maximum atomic E-state index is 12.3. The SMILES string of the molecule is Cc1ccccc1NC(=O)CC(=O)N1CCN(C(=O)c2ccco2)CC1. The van der Waals surface area contributed by atoms with Crippen LogP contribution in [0.2, 0.25) is 0 Å². The van der Waals surface area contributed by atoms with Crippen molar-refractivity contribution >= 4 is 23.4 Å². The van der Waals surface area contributed by atoms with Crippen LogP contribution in [0.1, 0.15) is 22.5 Å². The number of benzene rings is 1. The van der Waals surface area contributed by atoms with Crippen LogP contribution in [-0.4, -0.2) is 53.7 Å². The van der Waals surface area contributed by atoms with Crippen LogP contribution < -0.4 is 5.32 Å². The Hall–Kier alpha value is -3.09. The first-order valence-electron chi connectivity index (χ1n) is 8.50. The van der Waals surface area contributed by atoms with E-state index in [0.29, 0.717) is 37.6 Å². The third-order valence-corrected chi connectivity index (χ3v) is 4.38. The molecule has 2 aromatic rings. The van der Waals surface area contributed by atoms with Gasteiger partial charge in [-0.1, -0.05) is 18.2 Å².